The summed E-state index contributed by atoms with van der Waals surface area (Å²) in [6, 6.07) is 0. The molecule has 0 amide bonds. The number of rotatable bonds is 4. The van der Waals surface area contributed by atoms with Crippen molar-refractivity contribution in [1.82, 2.24) is 0 Å². The van der Waals surface area contributed by atoms with E-state index < -0.39 is 5.97 Å². The molecule has 0 aliphatic heterocycles. The summed E-state index contributed by atoms with van der Waals surface area (Å²) in [6.45, 7) is 0.0213. The van der Waals surface area contributed by atoms with Gasteiger partial charge in [0.1, 0.15) is 0 Å². The van der Waals surface area contributed by atoms with Gasteiger partial charge in [-0.1, -0.05) is 5.16 Å². The van der Waals surface area contributed by atoms with Gasteiger partial charge in [-0.05, 0) is 0 Å². The maximum Gasteiger partial charge on any atom is 0.352 e. The van der Waals surface area contributed by atoms with Gasteiger partial charge in [0.15, 0.2) is 6.21 Å². The molecule has 0 radical (unpaired) electrons. The first-order chi connectivity index (χ1) is 4.81. The second kappa shape index (κ2) is 6.03. The highest BCUT2D eigenvalue weighted by molar-refractivity contribution is 6.22. The van der Waals surface area contributed by atoms with Gasteiger partial charge in [0.05, 0.1) is 7.11 Å². The average Bonchev–Trinajstić information content (AvgIpc) is 1.98. The fourth-order valence-electron chi connectivity index (χ4n) is 0.216. The van der Waals surface area contributed by atoms with E-state index in [1.54, 1.807) is 0 Å². The molecular formula is C5H9NO4. The van der Waals surface area contributed by atoms with Gasteiger partial charge in [-0.25, -0.2) is 4.79 Å². The predicted molar refractivity (Wildman–Crippen MR) is 33.5 cm³/mol. The SMILES string of the molecule is COCON=CC(=O)OC. The second-order valence-corrected chi connectivity index (χ2v) is 1.29. The van der Waals surface area contributed by atoms with E-state index in [2.05, 4.69) is 19.5 Å². The Hall–Kier alpha value is -1.10. The Morgan fingerprint density at radius 2 is 2.30 bits per heavy atom. The van der Waals surface area contributed by atoms with Gasteiger partial charge in [-0.3, -0.25) is 0 Å². The highest BCUT2D eigenvalue weighted by atomic mass is 16.7. The van der Waals surface area contributed by atoms with Crippen LogP contribution in [0.5, 0.6) is 0 Å². The molecule has 58 valence electrons. The van der Waals surface area contributed by atoms with E-state index in [1.165, 1.54) is 14.2 Å². The molecule has 0 saturated heterocycles. The Balaban J connectivity index is 3.27. The first kappa shape index (κ1) is 8.90. The van der Waals surface area contributed by atoms with E-state index in [-0.39, 0.29) is 6.79 Å². The third kappa shape index (κ3) is 5.04. The fourth-order valence-corrected chi connectivity index (χ4v) is 0.216. The average molecular weight is 147 g/mol. The number of methoxy groups -OCH3 is 2. The molecule has 0 heterocycles. The summed E-state index contributed by atoms with van der Waals surface area (Å²) in [5.74, 6) is -0.559. The Morgan fingerprint density at radius 1 is 1.60 bits per heavy atom. The van der Waals surface area contributed by atoms with Gasteiger partial charge >= 0.3 is 5.97 Å². The molecule has 0 unspecified atom stereocenters. The van der Waals surface area contributed by atoms with Gasteiger partial charge in [0.25, 0.3) is 0 Å². The van der Waals surface area contributed by atoms with E-state index in [1.807, 2.05) is 0 Å². The summed E-state index contributed by atoms with van der Waals surface area (Å²) < 4.78 is 8.69. The molecule has 0 N–H and O–H groups in total. The van der Waals surface area contributed by atoms with Crippen molar-refractivity contribution >= 4 is 12.2 Å². The van der Waals surface area contributed by atoms with Crippen LogP contribution in [0.1, 0.15) is 0 Å². The lowest BCUT2D eigenvalue weighted by molar-refractivity contribution is -0.132. The molecule has 0 rings (SSSR count). The molecule has 0 aliphatic carbocycles. The molecule has 0 spiro atoms. The number of ether oxygens (including phenoxy) is 2. The van der Waals surface area contributed by atoms with E-state index >= 15 is 0 Å². The van der Waals surface area contributed by atoms with Crippen LogP contribution >= 0.6 is 0 Å². The van der Waals surface area contributed by atoms with Crippen LogP contribution in [-0.4, -0.2) is 33.2 Å². The van der Waals surface area contributed by atoms with Crippen LogP contribution in [0.25, 0.3) is 0 Å². The van der Waals surface area contributed by atoms with Gasteiger partial charge in [-0.2, -0.15) is 0 Å². The van der Waals surface area contributed by atoms with Crippen molar-refractivity contribution in [3.63, 3.8) is 0 Å². The van der Waals surface area contributed by atoms with Crippen molar-refractivity contribution in [2.45, 2.75) is 0 Å². The summed E-state index contributed by atoms with van der Waals surface area (Å²) in [6.07, 6.45) is 0.916. The summed E-state index contributed by atoms with van der Waals surface area (Å²) in [5.41, 5.74) is 0. The lowest BCUT2D eigenvalue weighted by Gasteiger charge is -1.93. The zero-order chi connectivity index (χ0) is 7.82. The zero-order valence-corrected chi connectivity index (χ0v) is 5.86. The monoisotopic (exact) mass is 147 g/mol. The lowest BCUT2D eigenvalue weighted by atomic mass is 10.8. The number of esters is 1. The molecule has 0 aromatic heterocycles. The molecule has 10 heavy (non-hydrogen) atoms. The summed E-state index contributed by atoms with van der Waals surface area (Å²) in [4.78, 5) is 14.7. The molecule has 0 bridgehead atoms. The Kier molecular flexibility index (Phi) is 5.36. The number of nitrogens with zero attached hydrogens (tertiary/aromatic N) is 1. The molecule has 0 atom stereocenters. The minimum atomic E-state index is -0.559. The first-order valence-electron chi connectivity index (χ1n) is 2.53. The number of carbonyl (C=O) groups is 1. The third-order valence-electron chi connectivity index (χ3n) is 0.604. The fraction of sp³-hybridized carbons (Fsp3) is 0.600. The van der Waals surface area contributed by atoms with E-state index in [0.29, 0.717) is 0 Å². The number of hydrogen-bond acceptors (Lipinski definition) is 5. The van der Waals surface area contributed by atoms with Crippen LogP contribution < -0.4 is 0 Å². The van der Waals surface area contributed by atoms with Crippen molar-refractivity contribution in [3.05, 3.63) is 0 Å². The van der Waals surface area contributed by atoms with Crippen molar-refractivity contribution in [3.8, 4) is 0 Å². The summed E-state index contributed by atoms with van der Waals surface area (Å²) in [5, 5.41) is 3.21. The number of hydrogen-bond donors (Lipinski definition) is 0. The van der Waals surface area contributed by atoms with Crippen LogP contribution in [0.3, 0.4) is 0 Å². The van der Waals surface area contributed by atoms with E-state index in [9.17, 15) is 4.79 Å². The predicted octanol–water partition coefficient (Wildman–Crippen LogP) is -0.234. The maximum atomic E-state index is 10.3. The normalized spacial score (nSPS) is 9.80. The van der Waals surface area contributed by atoms with Crippen molar-refractivity contribution < 1.29 is 19.1 Å². The first-order valence-corrected chi connectivity index (χ1v) is 2.53. The smallest absolute Gasteiger partial charge is 0.352 e. The van der Waals surface area contributed by atoms with Crippen LogP contribution in [0.4, 0.5) is 0 Å². The third-order valence-corrected chi connectivity index (χ3v) is 0.604. The molecule has 5 nitrogen and oxygen atoms in total. The Bertz CT molecular complexity index is 123. The standard InChI is InChI=1S/C5H9NO4/c1-8-4-10-6-3-5(7)9-2/h3H,4H2,1-2H3. The van der Waals surface area contributed by atoms with Crippen LogP contribution in [0, 0.1) is 0 Å². The van der Waals surface area contributed by atoms with Crippen molar-refractivity contribution in [1.29, 1.82) is 0 Å². The van der Waals surface area contributed by atoms with E-state index in [0.717, 1.165) is 6.21 Å². The van der Waals surface area contributed by atoms with Crippen LogP contribution in [-0.2, 0) is 19.1 Å². The molecule has 0 aromatic rings. The second-order valence-electron chi connectivity index (χ2n) is 1.29. The number of carbonyl (C=O) groups excluding carboxylic acids is 1. The Labute approximate surface area is 58.6 Å². The molecule has 5 heteroatoms. The van der Waals surface area contributed by atoms with Gasteiger partial charge in [0.2, 0.25) is 6.79 Å². The van der Waals surface area contributed by atoms with Crippen molar-refractivity contribution in [2.75, 3.05) is 21.0 Å². The topological polar surface area (TPSA) is 57.1 Å². The highest BCUT2D eigenvalue weighted by Crippen LogP contribution is 1.74. The number of oxime groups is 1. The summed E-state index contributed by atoms with van der Waals surface area (Å²) >= 11 is 0. The minimum Gasteiger partial charge on any atom is -0.465 e. The molecule has 0 aromatic carbocycles. The van der Waals surface area contributed by atoms with Gasteiger partial charge in [-0.15, -0.1) is 0 Å². The van der Waals surface area contributed by atoms with Gasteiger partial charge < -0.3 is 14.3 Å². The highest BCUT2D eigenvalue weighted by Gasteiger charge is 1.90. The maximum absolute atomic E-state index is 10.3. The summed E-state index contributed by atoms with van der Waals surface area (Å²) in [7, 11) is 2.71. The van der Waals surface area contributed by atoms with Crippen LogP contribution in [0.2, 0.25) is 0 Å². The molecular weight excluding hydrogens is 138 g/mol. The molecule has 0 saturated carbocycles. The van der Waals surface area contributed by atoms with Gasteiger partial charge in [0, 0.05) is 7.11 Å². The largest absolute Gasteiger partial charge is 0.465 e. The zero-order valence-electron chi connectivity index (χ0n) is 5.86. The minimum absolute atomic E-state index is 0.0213. The molecule has 0 aliphatic rings. The quantitative estimate of drug-likeness (QED) is 0.181. The Morgan fingerprint density at radius 3 is 2.80 bits per heavy atom. The van der Waals surface area contributed by atoms with Crippen LogP contribution in [0.15, 0.2) is 5.16 Å². The lowest BCUT2D eigenvalue weighted by Crippen LogP contribution is -2.01. The van der Waals surface area contributed by atoms with E-state index in [4.69, 9.17) is 0 Å². The molecule has 0 fully saturated rings. The van der Waals surface area contributed by atoms with Crippen molar-refractivity contribution in [2.24, 2.45) is 5.16 Å².